The van der Waals surface area contributed by atoms with Gasteiger partial charge in [0, 0.05) is 55.3 Å². The third-order valence-electron chi connectivity index (χ3n) is 7.82. The summed E-state index contributed by atoms with van der Waals surface area (Å²) in [4.78, 5) is 41.3. The normalized spacial score (nSPS) is 21.2. The molecule has 4 aliphatic rings. The summed E-state index contributed by atoms with van der Waals surface area (Å²) in [5, 5.41) is 3.43. The van der Waals surface area contributed by atoms with Crippen LogP contribution in [0.15, 0.2) is 30.5 Å². The summed E-state index contributed by atoms with van der Waals surface area (Å²) in [6.45, 7) is 3.77. The maximum atomic E-state index is 12.6. The van der Waals surface area contributed by atoms with Crippen LogP contribution in [-0.2, 0) is 27.2 Å². The second-order valence-electron chi connectivity index (χ2n) is 10.5. The molecule has 202 valence electrons. The predicted molar refractivity (Wildman–Crippen MR) is 140 cm³/mol. The summed E-state index contributed by atoms with van der Waals surface area (Å²) >= 11 is 0. The number of hydrogen-bond acceptors (Lipinski definition) is 9. The van der Waals surface area contributed by atoms with Crippen LogP contribution in [0.5, 0.6) is 11.5 Å². The maximum absolute atomic E-state index is 12.6. The van der Waals surface area contributed by atoms with Crippen LogP contribution >= 0.6 is 0 Å². The molecule has 2 aliphatic carbocycles. The largest absolute Gasteiger partial charge is 0.466 e. The molecule has 0 bridgehead atoms. The molecule has 0 spiro atoms. The zero-order chi connectivity index (χ0) is 26.5. The number of benzene rings is 1. The van der Waals surface area contributed by atoms with E-state index in [0.717, 1.165) is 42.8 Å². The summed E-state index contributed by atoms with van der Waals surface area (Å²) in [5.74, 6) is 3.25. The Kier molecular flexibility index (Phi) is 5.86. The quantitative estimate of drug-likeness (QED) is 0.460. The van der Waals surface area contributed by atoms with E-state index in [4.69, 9.17) is 24.2 Å². The van der Waals surface area contributed by atoms with Gasteiger partial charge in [0.1, 0.15) is 11.6 Å². The van der Waals surface area contributed by atoms with Crippen LogP contribution in [0.3, 0.4) is 0 Å². The second-order valence-corrected chi connectivity index (χ2v) is 10.5. The second kappa shape index (κ2) is 9.55. The van der Waals surface area contributed by atoms with Crippen molar-refractivity contribution in [1.82, 2.24) is 24.4 Å². The third kappa shape index (κ3) is 4.45. The average Bonchev–Trinajstić information content (AvgIpc) is 3.26. The van der Waals surface area contributed by atoms with Crippen molar-refractivity contribution in [2.75, 3.05) is 31.8 Å². The number of nitrogens with zero attached hydrogens (tertiary/aromatic N) is 5. The molecule has 0 radical (unpaired) electrons. The number of ether oxygens (including phenoxy) is 3. The molecule has 11 nitrogen and oxygen atoms in total. The van der Waals surface area contributed by atoms with E-state index in [1.54, 1.807) is 6.20 Å². The number of carbonyl (C=O) groups is 2. The SMILES string of the molecule is CCOC(=O)C1Cc2nc(-c3ccc4c(c3)OCO4)n(-c3ccnc(N[C@@H]4CCN(C(=O)C5CC5)C4)n3)c2C1. The van der Waals surface area contributed by atoms with Crippen molar-refractivity contribution in [3.05, 3.63) is 41.9 Å². The predicted octanol–water partition coefficient (Wildman–Crippen LogP) is 2.76. The molecule has 2 aliphatic heterocycles. The number of anilines is 1. The van der Waals surface area contributed by atoms with Gasteiger partial charge in [0.05, 0.1) is 18.2 Å². The summed E-state index contributed by atoms with van der Waals surface area (Å²) in [7, 11) is 0. The Morgan fingerprint density at radius 3 is 2.79 bits per heavy atom. The molecule has 2 atom stereocenters. The van der Waals surface area contributed by atoms with E-state index in [1.165, 1.54) is 0 Å². The number of amides is 1. The Balaban J connectivity index is 1.20. The highest BCUT2D eigenvalue weighted by atomic mass is 16.7. The Morgan fingerprint density at radius 1 is 1.08 bits per heavy atom. The molecule has 1 aromatic carbocycles. The molecule has 1 unspecified atom stereocenters. The van der Waals surface area contributed by atoms with Crippen molar-refractivity contribution in [3.8, 4) is 28.7 Å². The lowest BCUT2D eigenvalue weighted by atomic mass is 10.1. The van der Waals surface area contributed by atoms with Crippen molar-refractivity contribution in [3.63, 3.8) is 0 Å². The fraction of sp³-hybridized carbons (Fsp3) is 0.464. The van der Waals surface area contributed by atoms with E-state index in [2.05, 4.69) is 10.3 Å². The first-order chi connectivity index (χ1) is 19.1. The number of likely N-dealkylation sites (tertiary alicyclic amines) is 1. The van der Waals surface area contributed by atoms with Gasteiger partial charge in [-0.1, -0.05) is 0 Å². The van der Waals surface area contributed by atoms with Crippen LogP contribution in [0, 0.1) is 11.8 Å². The Morgan fingerprint density at radius 2 is 1.95 bits per heavy atom. The Labute approximate surface area is 225 Å². The number of nitrogens with one attached hydrogen (secondary N) is 1. The number of aromatic nitrogens is 4. The minimum atomic E-state index is -0.271. The molecule has 1 N–H and O–H groups in total. The van der Waals surface area contributed by atoms with Gasteiger partial charge in [0.15, 0.2) is 11.5 Å². The van der Waals surface area contributed by atoms with E-state index in [9.17, 15) is 9.59 Å². The molecule has 1 amide bonds. The number of carbonyl (C=O) groups excluding carboxylic acids is 2. The van der Waals surface area contributed by atoms with E-state index in [1.807, 2.05) is 40.7 Å². The standard InChI is InChI=1S/C28H30N6O5/c1-2-37-27(36)18-11-20-21(12-18)34(25(31-20)17-5-6-22-23(13-17)39-15-38-22)24-7-9-29-28(32-24)30-19-8-10-33(14-19)26(35)16-3-4-16/h5-7,9,13,16,18-19H,2-4,8,10-12,14-15H2,1H3,(H,29,30,32)/t18?,19-/m1/s1. The first-order valence-corrected chi connectivity index (χ1v) is 13.6. The Hall–Kier alpha value is -4.15. The zero-order valence-corrected chi connectivity index (χ0v) is 21.8. The summed E-state index contributed by atoms with van der Waals surface area (Å²) in [6.07, 6.45) is 5.63. The van der Waals surface area contributed by atoms with Crippen LogP contribution in [-0.4, -0.2) is 68.8 Å². The van der Waals surface area contributed by atoms with Crippen molar-refractivity contribution in [2.45, 2.75) is 45.1 Å². The number of esters is 1. The minimum Gasteiger partial charge on any atom is -0.466 e. The van der Waals surface area contributed by atoms with Gasteiger partial charge < -0.3 is 24.4 Å². The van der Waals surface area contributed by atoms with Gasteiger partial charge in [-0.05, 0) is 50.5 Å². The highest BCUT2D eigenvalue weighted by Crippen LogP contribution is 2.39. The monoisotopic (exact) mass is 530 g/mol. The zero-order valence-electron chi connectivity index (χ0n) is 21.8. The van der Waals surface area contributed by atoms with Gasteiger partial charge in [0.2, 0.25) is 18.6 Å². The number of fused-ring (bicyclic) bond motifs is 2. The highest BCUT2D eigenvalue weighted by molar-refractivity contribution is 5.81. The van der Waals surface area contributed by atoms with Crippen molar-refractivity contribution >= 4 is 17.8 Å². The fourth-order valence-corrected chi connectivity index (χ4v) is 5.71. The smallest absolute Gasteiger partial charge is 0.309 e. The van der Waals surface area contributed by atoms with Gasteiger partial charge in [-0.3, -0.25) is 14.2 Å². The van der Waals surface area contributed by atoms with Crippen LogP contribution in [0.2, 0.25) is 0 Å². The van der Waals surface area contributed by atoms with Crippen LogP contribution in [0.25, 0.3) is 17.2 Å². The Bertz CT molecular complexity index is 1450. The van der Waals surface area contributed by atoms with Gasteiger partial charge in [-0.15, -0.1) is 0 Å². The van der Waals surface area contributed by atoms with Gasteiger partial charge >= 0.3 is 5.97 Å². The molecule has 1 saturated carbocycles. The number of rotatable bonds is 7. The maximum Gasteiger partial charge on any atom is 0.309 e. The number of imidazole rings is 1. The molecule has 3 aromatic rings. The highest BCUT2D eigenvalue weighted by Gasteiger charge is 2.37. The molecule has 1 saturated heterocycles. The lowest BCUT2D eigenvalue weighted by Crippen LogP contribution is -2.32. The first kappa shape index (κ1) is 23.9. The minimum absolute atomic E-state index is 0.0953. The average molecular weight is 531 g/mol. The van der Waals surface area contributed by atoms with Crippen molar-refractivity contribution in [1.29, 1.82) is 0 Å². The van der Waals surface area contributed by atoms with E-state index >= 15 is 0 Å². The van der Waals surface area contributed by atoms with Crippen molar-refractivity contribution in [2.24, 2.45) is 11.8 Å². The molecule has 39 heavy (non-hydrogen) atoms. The van der Waals surface area contributed by atoms with Crippen molar-refractivity contribution < 1.29 is 23.8 Å². The van der Waals surface area contributed by atoms with Crippen LogP contribution in [0.1, 0.15) is 37.6 Å². The lowest BCUT2D eigenvalue weighted by molar-refractivity contribution is -0.147. The summed E-state index contributed by atoms with van der Waals surface area (Å²) in [6, 6.07) is 7.69. The summed E-state index contributed by atoms with van der Waals surface area (Å²) < 4.78 is 18.4. The topological polar surface area (TPSA) is 121 Å². The van der Waals surface area contributed by atoms with Crippen LogP contribution < -0.4 is 14.8 Å². The number of hydrogen-bond donors (Lipinski definition) is 1. The lowest BCUT2D eigenvalue weighted by Gasteiger charge is -2.17. The van der Waals surface area contributed by atoms with Gasteiger partial charge in [-0.25, -0.2) is 9.97 Å². The first-order valence-electron chi connectivity index (χ1n) is 13.6. The van der Waals surface area contributed by atoms with E-state index in [-0.39, 0.29) is 36.5 Å². The molecule has 11 heteroatoms. The molecule has 2 fully saturated rings. The van der Waals surface area contributed by atoms with E-state index < -0.39 is 0 Å². The van der Waals surface area contributed by atoms with Crippen LogP contribution in [0.4, 0.5) is 5.95 Å². The van der Waals surface area contributed by atoms with E-state index in [0.29, 0.717) is 55.1 Å². The fourth-order valence-electron chi connectivity index (χ4n) is 5.71. The molecular weight excluding hydrogens is 500 g/mol. The van der Waals surface area contributed by atoms with Gasteiger partial charge in [0.25, 0.3) is 0 Å². The summed E-state index contributed by atoms with van der Waals surface area (Å²) in [5.41, 5.74) is 2.66. The molecule has 4 heterocycles. The van der Waals surface area contributed by atoms with Gasteiger partial charge in [-0.2, -0.15) is 4.98 Å². The molecule has 2 aromatic heterocycles. The third-order valence-corrected chi connectivity index (χ3v) is 7.82. The molecular formula is C28H30N6O5. The molecule has 7 rings (SSSR count).